The second-order valence-corrected chi connectivity index (χ2v) is 3.80. The van der Waals surface area contributed by atoms with Gasteiger partial charge in [0.1, 0.15) is 11.5 Å². The maximum absolute atomic E-state index is 12.2. The predicted octanol–water partition coefficient (Wildman–Crippen LogP) is 1.60. The minimum Gasteiger partial charge on any atom is -0.464 e. The van der Waals surface area contributed by atoms with Crippen molar-refractivity contribution in [2.75, 3.05) is 13.2 Å². The van der Waals surface area contributed by atoms with Crippen molar-refractivity contribution in [1.29, 1.82) is 0 Å². The summed E-state index contributed by atoms with van der Waals surface area (Å²) in [6.45, 7) is 3.58. The van der Waals surface area contributed by atoms with E-state index < -0.39 is 17.9 Å². The van der Waals surface area contributed by atoms with Gasteiger partial charge in [0.2, 0.25) is 5.78 Å². The van der Waals surface area contributed by atoms with Crippen LogP contribution in [-0.2, 0) is 19.1 Å². The van der Waals surface area contributed by atoms with Crippen molar-refractivity contribution < 1.29 is 23.9 Å². The number of ether oxygens (including phenoxy) is 2. The van der Waals surface area contributed by atoms with E-state index in [2.05, 4.69) is 0 Å². The van der Waals surface area contributed by atoms with Crippen LogP contribution in [0.4, 0.5) is 0 Å². The van der Waals surface area contributed by atoms with Crippen molar-refractivity contribution in [2.45, 2.75) is 20.0 Å². The zero-order valence-corrected chi connectivity index (χ0v) is 11.4. The molecule has 1 unspecified atom stereocenters. The van der Waals surface area contributed by atoms with Crippen LogP contribution in [0.3, 0.4) is 0 Å². The highest BCUT2D eigenvalue weighted by Gasteiger charge is 2.31. The summed E-state index contributed by atoms with van der Waals surface area (Å²) in [5.41, 5.74) is -0.0867. The zero-order valence-electron chi connectivity index (χ0n) is 11.4. The smallest absolute Gasteiger partial charge is 0.340 e. The zero-order chi connectivity index (χ0) is 15.0. The highest BCUT2D eigenvalue weighted by atomic mass is 16.6. The van der Waals surface area contributed by atoms with Crippen LogP contribution in [0.1, 0.15) is 24.2 Å². The minimum atomic E-state index is -1.34. The Morgan fingerprint density at radius 2 is 1.80 bits per heavy atom. The molecule has 1 aromatic carbocycles. The SMILES string of the molecule is CCOC(=O)C(OCC)C(=C=O)C(=O)c1ccccc1. The third kappa shape index (κ3) is 3.88. The molecule has 0 aliphatic rings. The van der Waals surface area contributed by atoms with E-state index in [1.54, 1.807) is 44.2 Å². The first-order valence-electron chi connectivity index (χ1n) is 6.28. The van der Waals surface area contributed by atoms with E-state index in [-0.39, 0.29) is 18.8 Å². The standard InChI is InChI=1S/C15H16O5/c1-3-19-14(15(18)20-4-2)12(10-16)13(17)11-8-6-5-7-9-11/h5-9,14H,3-4H2,1-2H3. The minimum absolute atomic E-state index is 0.133. The Labute approximate surface area is 117 Å². The number of ketones is 1. The molecule has 0 aromatic heterocycles. The molecule has 0 spiro atoms. The number of carbonyl (C=O) groups is 2. The van der Waals surface area contributed by atoms with Crippen LogP contribution >= 0.6 is 0 Å². The van der Waals surface area contributed by atoms with Crippen LogP contribution in [0.5, 0.6) is 0 Å². The van der Waals surface area contributed by atoms with Gasteiger partial charge in [-0.25, -0.2) is 9.59 Å². The van der Waals surface area contributed by atoms with E-state index in [1.165, 1.54) is 5.94 Å². The monoisotopic (exact) mass is 276 g/mol. The average molecular weight is 276 g/mol. The molecule has 5 heteroatoms. The lowest BCUT2D eigenvalue weighted by molar-refractivity contribution is -0.153. The molecule has 0 aliphatic heterocycles. The summed E-state index contributed by atoms with van der Waals surface area (Å²) in [7, 11) is 0. The summed E-state index contributed by atoms with van der Waals surface area (Å²) in [6.07, 6.45) is -1.34. The summed E-state index contributed by atoms with van der Waals surface area (Å²) in [5, 5.41) is 0. The van der Waals surface area contributed by atoms with Crippen LogP contribution in [0.2, 0.25) is 0 Å². The van der Waals surface area contributed by atoms with Gasteiger partial charge >= 0.3 is 5.97 Å². The van der Waals surface area contributed by atoms with Crippen LogP contribution in [0.25, 0.3) is 0 Å². The molecule has 20 heavy (non-hydrogen) atoms. The summed E-state index contributed by atoms with van der Waals surface area (Å²) in [5.74, 6) is 0.158. The number of rotatable bonds is 7. The molecule has 0 radical (unpaired) electrons. The number of hydrogen-bond acceptors (Lipinski definition) is 5. The van der Waals surface area contributed by atoms with Gasteiger partial charge in [-0.1, -0.05) is 30.3 Å². The first-order valence-corrected chi connectivity index (χ1v) is 6.28. The van der Waals surface area contributed by atoms with Gasteiger partial charge in [0.05, 0.1) is 6.61 Å². The van der Waals surface area contributed by atoms with E-state index in [0.717, 1.165) is 0 Å². The fourth-order valence-corrected chi connectivity index (χ4v) is 1.62. The molecule has 0 fully saturated rings. The normalized spacial score (nSPS) is 11.3. The van der Waals surface area contributed by atoms with Gasteiger partial charge in [0.25, 0.3) is 0 Å². The van der Waals surface area contributed by atoms with Crippen molar-refractivity contribution in [3.8, 4) is 0 Å². The maximum Gasteiger partial charge on any atom is 0.340 e. The van der Waals surface area contributed by atoms with Crippen molar-refractivity contribution in [3.05, 3.63) is 41.5 Å². The fraction of sp³-hybridized carbons (Fsp3) is 0.333. The summed E-state index contributed by atoms with van der Waals surface area (Å²) < 4.78 is 9.97. The van der Waals surface area contributed by atoms with Crippen LogP contribution < -0.4 is 0 Å². The first-order chi connectivity index (χ1) is 9.65. The van der Waals surface area contributed by atoms with Gasteiger partial charge in [-0.3, -0.25) is 4.79 Å². The first kappa shape index (κ1) is 15.8. The van der Waals surface area contributed by atoms with Gasteiger partial charge in [-0.2, -0.15) is 0 Å². The molecule has 1 aromatic rings. The van der Waals surface area contributed by atoms with Crippen molar-refractivity contribution in [2.24, 2.45) is 0 Å². The van der Waals surface area contributed by atoms with Gasteiger partial charge in [0.15, 0.2) is 6.10 Å². The number of hydrogen-bond donors (Lipinski definition) is 0. The summed E-state index contributed by atoms with van der Waals surface area (Å²) in [6, 6.07) is 8.17. The lowest BCUT2D eigenvalue weighted by atomic mass is 10.00. The number of Topliss-reactive ketones (excluding diaryl/α,β-unsaturated/α-hetero) is 1. The van der Waals surface area contributed by atoms with E-state index in [9.17, 15) is 14.4 Å². The quantitative estimate of drug-likeness (QED) is 0.327. The van der Waals surface area contributed by atoms with Gasteiger partial charge in [-0.15, -0.1) is 0 Å². The molecule has 106 valence electrons. The van der Waals surface area contributed by atoms with E-state index >= 15 is 0 Å². The van der Waals surface area contributed by atoms with Crippen LogP contribution in [-0.4, -0.2) is 37.0 Å². The molecule has 1 rings (SSSR count). The number of esters is 1. The highest BCUT2D eigenvalue weighted by Crippen LogP contribution is 2.14. The lowest BCUT2D eigenvalue weighted by Crippen LogP contribution is -2.32. The molecule has 0 saturated carbocycles. The van der Waals surface area contributed by atoms with Gasteiger partial charge in [0, 0.05) is 12.2 Å². The molecule has 0 heterocycles. The predicted molar refractivity (Wildman–Crippen MR) is 72.0 cm³/mol. The molecule has 0 bridgehead atoms. The fourth-order valence-electron chi connectivity index (χ4n) is 1.62. The molecule has 0 saturated heterocycles. The Bertz CT molecular complexity index is 514. The third-order valence-corrected chi connectivity index (χ3v) is 2.49. The molecule has 0 aliphatic carbocycles. The van der Waals surface area contributed by atoms with Crippen LogP contribution in [0, 0.1) is 0 Å². The molecular formula is C15H16O5. The van der Waals surface area contributed by atoms with Crippen molar-refractivity contribution in [3.63, 3.8) is 0 Å². The average Bonchev–Trinajstić information content (AvgIpc) is 2.48. The van der Waals surface area contributed by atoms with Crippen molar-refractivity contribution >= 4 is 17.7 Å². The number of carbonyl (C=O) groups excluding carboxylic acids is 3. The van der Waals surface area contributed by atoms with E-state index in [0.29, 0.717) is 5.56 Å². The number of benzene rings is 1. The molecule has 5 nitrogen and oxygen atoms in total. The van der Waals surface area contributed by atoms with Gasteiger partial charge in [-0.05, 0) is 13.8 Å². The lowest BCUT2D eigenvalue weighted by Gasteiger charge is -2.15. The van der Waals surface area contributed by atoms with E-state index in [1.807, 2.05) is 0 Å². The molecule has 0 amide bonds. The molecule has 1 atom stereocenters. The topological polar surface area (TPSA) is 69.7 Å². The Hall–Kier alpha value is -2.23. The Balaban J connectivity index is 3.06. The van der Waals surface area contributed by atoms with E-state index in [4.69, 9.17) is 9.47 Å². The third-order valence-electron chi connectivity index (χ3n) is 2.49. The van der Waals surface area contributed by atoms with Gasteiger partial charge < -0.3 is 9.47 Å². The maximum atomic E-state index is 12.2. The molecular weight excluding hydrogens is 260 g/mol. The largest absolute Gasteiger partial charge is 0.464 e. The second kappa shape index (κ2) is 8.04. The Morgan fingerprint density at radius 1 is 1.15 bits per heavy atom. The Morgan fingerprint density at radius 3 is 2.30 bits per heavy atom. The highest BCUT2D eigenvalue weighted by molar-refractivity contribution is 6.16. The molecule has 0 N–H and O–H groups in total. The summed E-state index contributed by atoms with van der Waals surface area (Å²) >= 11 is 0. The van der Waals surface area contributed by atoms with Crippen LogP contribution in [0.15, 0.2) is 35.9 Å². The Kier molecular flexibility index (Phi) is 6.37. The summed E-state index contributed by atoms with van der Waals surface area (Å²) in [4.78, 5) is 35.1. The van der Waals surface area contributed by atoms with Crippen molar-refractivity contribution in [1.82, 2.24) is 0 Å². The second-order valence-electron chi connectivity index (χ2n) is 3.80.